The van der Waals surface area contributed by atoms with Crippen molar-refractivity contribution in [3.63, 3.8) is 0 Å². The van der Waals surface area contributed by atoms with Gasteiger partial charge in [-0.3, -0.25) is 9.10 Å². The first kappa shape index (κ1) is 24.2. The van der Waals surface area contributed by atoms with Gasteiger partial charge >= 0.3 is 0 Å². The van der Waals surface area contributed by atoms with Gasteiger partial charge in [-0.25, -0.2) is 8.42 Å². The van der Waals surface area contributed by atoms with E-state index in [4.69, 9.17) is 11.6 Å². The maximum atomic E-state index is 12.4. The van der Waals surface area contributed by atoms with E-state index in [0.29, 0.717) is 22.8 Å². The Morgan fingerprint density at radius 1 is 0.938 bits per heavy atom. The molecular weight excluding hydrogens is 464 g/mol. The number of carbonyl (C=O) groups is 1. The average molecular weight is 489 g/mol. The fourth-order valence-corrected chi connectivity index (χ4v) is 4.87. The van der Waals surface area contributed by atoms with Gasteiger partial charge in [-0.2, -0.15) is 11.8 Å². The second-order valence-corrected chi connectivity index (χ2v) is 10.7. The molecule has 1 amide bonds. The molecule has 8 heteroatoms. The summed E-state index contributed by atoms with van der Waals surface area (Å²) < 4.78 is 26.0. The first-order chi connectivity index (χ1) is 15.3. The Labute approximate surface area is 198 Å². The van der Waals surface area contributed by atoms with Crippen molar-refractivity contribution in [2.75, 3.05) is 22.9 Å². The van der Waals surface area contributed by atoms with E-state index >= 15 is 0 Å². The van der Waals surface area contributed by atoms with Crippen LogP contribution < -0.4 is 9.62 Å². The van der Waals surface area contributed by atoms with E-state index in [1.54, 1.807) is 60.3 Å². The fraction of sp³-hybridized carbons (Fsp3) is 0.208. The minimum absolute atomic E-state index is 0.180. The van der Waals surface area contributed by atoms with Crippen LogP contribution in [0, 0.1) is 0 Å². The van der Waals surface area contributed by atoms with Crippen LogP contribution >= 0.6 is 23.4 Å². The molecule has 5 nitrogen and oxygen atoms in total. The van der Waals surface area contributed by atoms with Crippen LogP contribution in [-0.2, 0) is 22.3 Å². The van der Waals surface area contributed by atoms with Crippen molar-refractivity contribution < 1.29 is 13.2 Å². The minimum Gasteiger partial charge on any atom is -0.351 e. The van der Waals surface area contributed by atoms with Crippen molar-refractivity contribution in [2.45, 2.75) is 12.3 Å². The number of hydrogen-bond donors (Lipinski definition) is 1. The summed E-state index contributed by atoms with van der Waals surface area (Å²) in [5.41, 5.74) is 3.06. The Hall–Kier alpha value is -2.48. The second kappa shape index (κ2) is 11.4. The highest BCUT2D eigenvalue weighted by atomic mass is 35.5. The third-order valence-electron chi connectivity index (χ3n) is 4.70. The number of rotatable bonds is 10. The van der Waals surface area contributed by atoms with Crippen molar-refractivity contribution in [1.29, 1.82) is 0 Å². The number of amides is 1. The Kier molecular flexibility index (Phi) is 8.61. The lowest BCUT2D eigenvalue weighted by atomic mass is 10.2. The maximum Gasteiger partial charge on any atom is 0.251 e. The van der Waals surface area contributed by atoms with Crippen molar-refractivity contribution >= 4 is 45.0 Å². The topological polar surface area (TPSA) is 66.5 Å². The molecule has 0 aliphatic heterocycles. The van der Waals surface area contributed by atoms with Crippen LogP contribution in [0.3, 0.4) is 0 Å². The first-order valence-corrected chi connectivity index (χ1v) is 13.4. The quantitative estimate of drug-likeness (QED) is 0.409. The highest BCUT2D eigenvalue weighted by Crippen LogP contribution is 2.22. The summed E-state index contributed by atoms with van der Waals surface area (Å²) in [6.45, 7) is 0.740. The zero-order valence-electron chi connectivity index (χ0n) is 17.7. The summed E-state index contributed by atoms with van der Waals surface area (Å²) in [6, 6.07) is 23.8. The molecule has 3 aromatic carbocycles. The predicted molar refractivity (Wildman–Crippen MR) is 134 cm³/mol. The number of carbonyl (C=O) groups excluding carboxylic acids is 1. The third-order valence-corrected chi connectivity index (χ3v) is 7.12. The fourth-order valence-electron chi connectivity index (χ4n) is 3.04. The molecule has 0 aromatic heterocycles. The third kappa shape index (κ3) is 7.29. The van der Waals surface area contributed by atoms with Crippen molar-refractivity contribution in [1.82, 2.24) is 5.32 Å². The molecule has 0 heterocycles. The lowest BCUT2D eigenvalue weighted by molar-refractivity contribution is 0.0956. The standard InChI is InChI=1S/C24H25ClN2O3S2/c1-32(29,30)27(17-19-7-11-22(25)12-8-19)23-13-9-21(10-14-23)24(28)26-15-16-31-18-20-5-3-2-4-6-20/h2-14H,15-18H2,1H3,(H,26,28). The summed E-state index contributed by atoms with van der Waals surface area (Å²) in [5.74, 6) is 1.53. The summed E-state index contributed by atoms with van der Waals surface area (Å²) >= 11 is 7.67. The van der Waals surface area contributed by atoms with Crippen LogP contribution in [0.15, 0.2) is 78.9 Å². The molecule has 168 valence electrons. The maximum absolute atomic E-state index is 12.4. The number of anilines is 1. The van der Waals surface area contributed by atoms with Crippen LogP contribution in [0.1, 0.15) is 21.5 Å². The molecule has 0 aliphatic carbocycles. The molecule has 32 heavy (non-hydrogen) atoms. The molecule has 0 radical (unpaired) electrons. The number of benzene rings is 3. The average Bonchev–Trinajstić information content (AvgIpc) is 2.78. The lowest BCUT2D eigenvalue weighted by Crippen LogP contribution is -2.29. The molecule has 0 fully saturated rings. The molecule has 0 aliphatic rings. The molecule has 0 bridgehead atoms. The van der Waals surface area contributed by atoms with Gasteiger partial charge in [0.25, 0.3) is 5.91 Å². The zero-order valence-corrected chi connectivity index (χ0v) is 20.1. The van der Waals surface area contributed by atoms with Gasteiger partial charge in [0.15, 0.2) is 0 Å². The van der Waals surface area contributed by atoms with E-state index in [9.17, 15) is 13.2 Å². The van der Waals surface area contributed by atoms with Gasteiger partial charge in [0.1, 0.15) is 0 Å². The molecular formula is C24H25ClN2O3S2. The van der Waals surface area contributed by atoms with E-state index in [0.717, 1.165) is 23.3 Å². The van der Waals surface area contributed by atoms with Gasteiger partial charge in [0.2, 0.25) is 10.0 Å². The lowest BCUT2D eigenvalue weighted by Gasteiger charge is -2.22. The van der Waals surface area contributed by atoms with E-state index < -0.39 is 10.0 Å². The summed E-state index contributed by atoms with van der Waals surface area (Å²) in [5, 5.41) is 3.50. The Bertz CT molecular complexity index is 1120. The SMILES string of the molecule is CS(=O)(=O)N(Cc1ccc(Cl)cc1)c1ccc(C(=O)NCCSCc2ccccc2)cc1. The summed E-state index contributed by atoms with van der Waals surface area (Å²) in [6.07, 6.45) is 1.16. The van der Waals surface area contributed by atoms with Crippen LogP contribution in [0.5, 0.6) is 0 Å². The number of nitrogens with zero attached hydrogens (tertiary/aromatic N) is 1. The van der Waals surface area contributed by atoms with Crippen LogP contribution in [0.4, 0.5) is 5.69 Å². The monoisotopic (exact) mass is 488 g/mol. The number of hydrogen-bond acceptors (Lipinski definition) is 4. The Balaban J connectivity index is 1.55. The molecule has 1 N–H and O–H groups in total. The van der Waals surface area contributed by atoms with Gasteiger partial charge in [-0.15, -0.1) is 0 Å². The number of thioether (sulfide) groups is 1. The van der Waals surface area contributed by atoms with Gasteiger partial charge in [-0.05, 0) is 47.5 Å². The molecule has 0 unspecified atom stereocenters. The van der Waals surface area contributed by atoms with Gasteiger partial charge in [-0.1, -0.05) is 54.1 Å². The van der Waals surface area contributed by atoms with E-state index in [1.807, 2.05) is 18.2 Å². The van der Waals surface area contributed by atoms with Gasteiger partial charge in [0.05, 0.1) is 18.5 Å². The van der Waals surface area contributed by atoms with Crippen molar-refractivity contribution in [3.05, 3.63) is 101 Å². The molecule has 3 rings (SSSR count). The first-order valence-electron chi connectivity index (χ1n) is 10.0. The van der Waals surface area contributed by atoms with Crippen LogP contribution in [0.25, 0.3) is 0 Å². The van der Waals surface area contributed by atoms with Crippen LogP contribution in [-0.4, -0.2) is 32.9 Å². The molecule has 3 aromatic rings. The second-order valence-electron chi connectivity index (χ2n) is 7.24. The molecule has 0 saturated heterocycles. The van der Waals surface area contributed by atoms with Gasteiger partial charge in [0, 0.05) is 28.6 Å². The highest BCUT2D eigenvalue weighted by molar-refractivity contribution is 7.98. The highest BCUT2D eigenvalue weighted by Gasteiger charge is 2.18. The predicted octanol–water partition coefficient (Wildman–Crippen LogP) is 4.97. The largest absolute Gasteiger partial charge is 0.351 e. The summed E-state index contributed by atoms with van der Waals surface area (Å²) in [4.78, 5) is 12.4. The van der Waals surface area contributed by atoms with E-state index in [2.05, 4.69) is 17.4 Å². The van der Waals surface area contributed by atoms with Crippen molar-refractivity contribution in [2.24, 2.45) is 0 Å². The Morgan fingerprint density at radius 3 is 2.22 bits per heavy atom. The summed E-state index contributed by atoms with van der Waals surface area (Å²) in [7, 11) is -3.51. The molecule has 0 atom stereocenters. The zero-order chi connectivity index (χ0) is 23.0. The normalized spacial score (nSPS) is 11.2. The van der Waals surface area contributed by atoms with Gasteiger partial charge < -0.3 is 5.32 Å². The molecule has 0 spiro atoms. The Morgan fingerprint density at radius 2 is 1.59 bits per heavy atom. The van der Waals surface area contributed by atoms with Crippen molar-refractivity contribution in [3.8, 4) is 0 Å². The minimum atomic E-state index is -3.51. The van der Waals surface area contributed by atoms with E-state index in [-0.39, 0.29) is 12.5 Å². The molecule has 0 saturated carbocycles. The number of nitrogens with one attached hydrogen (secondary N) is 1. The van der Waals surface area contributed by atoms with Crippen LogP contribution in [0.2, 0.25) is 5.02 Å². The smallest absolute Gasteiger partial charge is 0.251 e. The van der Waals surface area contributed by atoms with E-state index in [1.165, 1.54) is 9.87 Å². The number of halogens is 1. The number of sulfonamides is 1.